The van der Waals surface area contributed by atoms with Crippen LogP contribution in [0.4, 0.5) is 0 Å². The van der Waals surface area contributed by atoms with Crippen molar-refractivity contribution in [2.45, 2.75) is 32.6 Å². The quantitative estimate of drug-likeness (QED) is 0.694. The Morgan fingerprint density at radius 3 is 2.69 bits per heavy atom. The van der Waals surface area contributed by atoms with Crippen molar-refractivity contribution in [3.8, 4) is 0 Å². The first-order valence-electron chi connectivity index (χ1n) is 5.82. The summed E-state index contributed by atoms with van der Waals surface area (Å²) >= 11 is 0. The Labute approximate surface area is 95.8 Å². The molecule has 0 aliphatic heterocycles. The Morgan fingerprint density at radius 1 is 1.50 bits per heavy atom. The van der Waals surface area contributed by atoms with Crippen molar-refractivity contribution in [1.29, 1.82) is 0 Å². The molecule has 0 aromatic heterocycles. The lowest BCUT2D eigenvalue weighted by atomic mass is 9.69. The van der Waals surface area contributed by atoms with Crippen molar-refractivity contribution in [3.63, 3.8) is 0 Å². The molecule has 1 fully saturated rings. The maximum Gasteiger partial charge on any atom is 0.341 e. The molecule has 0 aromatic rings. The van der Waals surface area contributed by atoms with Gasteiger partial charge in [-0.1, -0.05) is 25.8 Å². The zero-order valence-electron chi connectivity index (χ0n) is 9.82. The zero-order chi connectivity index (χ0) is 11.8. The van der Waals surface area contributed by atoms with Crippen LogP contribution in [0.3, 0.4) is 0 Å². The molecule has 2 rings (SSSR count). The summed E-state index contributed by atoms with van der Waals surface area (Å²) in [5.74, 6) is 0.0992. The summed E-state index contributed by atoms with van der Waals surface area (Å²) in [4.78, 5) is 11.5. The van der Waals surface area contributed by atoms with Gasteiger partial charge in [-0.05, 0) is 24.8 Å². The Bertz CT molecular complexity index is 359. The highest BCUT2D eigenvalue weighted by Crippen LogP contribution is 2.52. The van der Waals surface area contributed by atoms with E-state index in [0.29, 0.717) is 11.5 Å². The van der Waals surface area contributed by atoms with Gasteiger partial charge in [0.25, 0.3) is 0 Å². The Hall–Kier alpha value is -1.25. The highest BCUT2D eigenvalue weighted by Gasteiger charge is 2.45. The highest BCUT2D eigenvalue weighted by molar-refractivity contribution is 5.92. The van der Waals surface area contributed by atoms with Crippen molar-refractivity contribution >= 4 is 5.97 Å². The summed E-state index contributed by atoms with van der Waals surface area (Å²) in [5.41, 5.74) is 0.126. The smallest absolute Gasteiger partial charge is 0.341 e. The van der Waals surface area contributed by atoms with Crippen LogP contribution in [0.5, 0.6) is 0 Å². The minimum Gasteiger partial charge on any atom is -0.511 e. The summed E-state index contributed by atoms with van der Waals surface area (Å²) in [6.45, 7) is 2.10. The van der Waals surface area contributed by atoms with Gasteiger partial charge in [0.05, 0.1) is 12.7 Å². The topological polar surface area (TPSA) is 46.5 Å². The molecule has 16 heavy (non-hydrogen) atoms. The SMILES string of the molecule is COC(=O)C1=C(O)C2(CCCC2)[C@H](C)C=C1. The molecule has 0 unspecified atom stereocenters. The van der Waals surface area contributed by atoms with Crippen LogP contribution in [-0.4, -0.2) is 18.2 Å². The molecule has 1 N–H and O–H groups in total. The predicted molar refractivity (Wildman–Crippen MR) is 60.9 cm³/mol. The van der Waals surface area contributed by atoms with Crippen LogP contribution in [0.1, 0.15) is 32.6 Å². The normalized spacial score (nSPS) is 27.5. The monoisotopic (exact) mass is 222 g/mol. The van der Waals surface area contributed by atoms with Gasteiger partial charge in [0, 0.05) is 5.41 Å². The van der Waals surface area contributed by atoms with Gasteiger partial charge in [0.2, 0.25) is 0 Å². The molecule has 1 atom stereocenters. The van der Waals surface area contributed by atoms with Crippen LogP contribution < -0.4 is 0 Å². The Morgan fingerprint density at radius 2 is 2.12 bits per heavy atom. The van der Waals surface area contributed by atoms with Crippen molar-refractivity contribution in [2.75, 3.05) is 7.11 Å². The lowest BCUT2D eigenvalue weighted by Gasteiger charge is -2.36. The number of esters is 1. The number of aliphatic hydroxyl groups excluding tert-OH is 1. The number of hydrogen-bond donors (Lipinski definition) is 1. The van der Waals surface area contributed by atoms with Crippen LogP contribution in [0.25, 0.3) is 0 Å². The average molecular weight is 222 g/mol. The molecule has 88 valence electrons. The number of methoxy groups -OCH3 is 1. The van der Waals surface area contributed by atoms with Crippen LogP contribution in [0, 0.1) is 11.3 Å². The third kappa shape index (κ3) is 1.46. The van der Waals surface area contributed by atoms with Gasteiger partial charge in [-0.2, -0.15) is 0 Å². The third-order valence-corrected chi connectivity index (χ3v) is 4.05. The van der Waals surface area contributed by atoms with E-state index in [0.717, 1.165) is 25.7 Å². The van der Waals surface area contributed by atoms with Gasteiger partial charge in [-0.15, -0.1) is 0 Å². The molecule has 3 nitrogen and oxygen atoms in total. The second kappa shape index (κ2) is 3.96. The number of allylic oxidation sites excluding steroid dienone is 2. The summed E-state index contributed by atoms with van der Waals surface area (Å²) in [5, 5.41) is 10.3. The van der Waals surface area contributed by atoms with E-state index in [9.17, 15) is 9.90 Å². The van der Waals surface area contributed by atoms with Gasteiger partial charge in [0.15, 0.2) is 0 Å². The van der Waals surface area contributed by atoms with E-state index < -0.39 is 5.97 Å². The highest BCUT2D eigenvalue weighted by atomic mass is 16.5. The standard InChI is InChI=1S/C13H18O3/c1-9-5-6-10(12(15)16-2)11(14)13(9)7-3-4-8-13/h5-6,9,14H,3-4,7-8H2,1-2H3/t9-/m1/s1. The maximum absolute atomic E-state index is 11.5. The molecule has 0 aromatic carbocycles. The largest absolute Gasteiger partial charge is 0.511 e. The van der Waals surface area contributed by atoms with Crippen LogP contribution >= 0.6 is 0 Å². The maximum atomic E-state index is 11.5. The van der Waals surface area contributed by atoms with Crippen molar-refractivity contribution in [1.82, 2.24) is 0 Å². The number of carbonyl (C=O) groups excluding carboxylic acids is 1. The van der Waals surface area contributed by atoms with Crippen molar-refractivity contribution < 1.29 is 14.6 Å². The molecule has 0 amide bonds. The van der Waals surface area contributed by atoms with E-state index in [4.69, 9.17) is 4.74 Å². The fourth-order valence-electron chi connectivity index (χ4n) is 2.96. The molecule has 3 heteroatoms. The van der Waals surface area contributed by atoms with E-state index in [1.54, 1.807) is 6.08 Å². The third-order valence-electron chi connectivity index (χ3n) is 4.05. The Balaban J connectivity index is 2.42. The minimum absolute atomic E-state index is 0.210. The molecule has 0 radical (unpaired) electrons. The van der Waals surface area contributed by atoms with Gasteiger partial charge in [0.1, 0.15) is 5.76 Å². The van der Waals surface area contributed by atoms with Gasteiger partial charge in [-0.25, -0.2) is 4.79 Å². The molecule has 2 aliphatic carbocycles. The van der Waals surface area contributed by atoms with Gasteiger partial charge < -0.3 is 9.84 Å². The van der Waals surface area contributed by atoms with E-state index in [1.165, 1.54) is 7.11 Å². The molecular weight excluding hydrogens is 204 g/mol. The van der Waals surface area contributed by atoms with E-state index >= 15 is 0 Å². The molecule has 2 aliphatic rings. The zero-order valence-corrected chi connectivity index (χ0v) is 9.82. The molecule has 1 spiro atoms. The minimum atomic E-state index is -0.438. The van der Waals surface area contributed by atoms with Crippen LogP contribution in [0.15, 0.2) is 23.5 Å². The summed E-state index contributed by atoms with van der Waals surface area (Å²) in [6.07, 6.45) is 7.87. The van der Waals surface area contributed by atoms with Crippen molar-refractivity contribution in [3.05, 3.63) is 23.5 Å². The van der Waals surface area contributed by atoms with Gasteiger partial charge >= 0.3 is 5.97 Å². The lowest BCUT2D eigenvalue weighted by Crippen LogP contribution is -2.31. The fraction of sp³-hybridized carbons (Fsp3) is 0.615. The molecule has 0 saturated heterocycles. The second-order valence-electron chi connectivity index (χ2n) is 4.76. The van der Waals surface area contributed by atoms with E-state index in [-0.39, 0.29) is 11.2 Å². The van der Waals surface area contributed by atoms with Crippen molar-refractivity contribution in [2.24, 2.45) is 11.3 Å². The van der Waals surface area contributed by atoms with E-state index in [1.807, 2.05) is 6.08 Å². The number of carbonyl (C=O) groups is 1. The fourth-order valence-corrected chi connectivity index (χ4v) is 2.96. The molecule has 1 saturated carbocycles. The van der Waals surface area contributed by atoms with Gasteiger partial charge in [-0.3, -0.25) is 0 Å². The number of aliphatic hydroxyl groups is 1. The summed E-state index contributed by atoms with van der Waals surface area (Å²) < 4.78 is 4.69. The predicted octanol–water partition coefficient (Wildman–Crippen LogP) is 2.74. The average Bonchev–Trinajstić information content (AvgIpc) is 2.76. The first-order chi connectivity index (χ1) is 7.62. The van der Waals surface area contributed by atoms with Crippen LogP contribution in [0.2, 0.25) is 0 Å². The summed E-state index contributed by atoms with van der Waals surface area (Å²) in [6, 6.07) is 0. The molecular formula is C13H18O3. The first kappa shape index (κ1) is 11.2. The lowest BCUT2D eigenvalue weighted by molar-refractivity contribution is -0.136. The first-order valence-corrected chi connectivity index (χ1v) is 5.82. The number of hydrogen-bond acceptors (Lipinski definition) is 3. The van der Waals surface area contributed by atoms with Crippen LogP contribution in [-0.2, 0) is 9.53 Å². The molecule has 0 heterocycles. The second-order valence-corrected chi connectivity index (χ2v) is 4.76. The number of ether oxygens (including phenoxy) is 1. The van der Waals surface area contributed by atoms with E-state index in [2.05, 4.69) is 6.92 Å². The Kier molecular flexibility index (Phi) is 2.78. The number of rotatable bonds is 1. The summed E-state index contributed by atoms with van der Waals surface area (Å²) in [7, 11) is 1.34. The molecule has 0 bridgehead atoms.